The first-order valence-electron chi connectivity index (χ1n) is 9.18. The number of benzene rings is 2. The summed E-state index contributed by atoms with van der Waals surface area (Å²) >= 11 is 0. The minimum absolute atomic E-state index is 0.0259. The number of rotatable bonds is 6. The molecule has 1 aromatic heterocycles. The zero-order valence-corrected chi connectivity index (χ0v) is 16.1. The highest BCUT2D eigenvalue weighted by molar-refractivity contribution is 5.78. The lowest BCUT2D eigenvalue weighted by atomic mass is 10.1. The van der Waals surface area contributed by atoms with Gasteiger partial charge in [0.1, 0.15) is 23.4 Å². The van der Waals surface area contributed by atoms with Crippen molar-refractivity contribution in [3.63, 3.8) is 0 Å². The van der Waals surface area contributed by atoms with Crippen LogP contribution in [0.3, 0.4) is 0 Å². The van der Waals surface area contributed by atoms with E-state index in [0.717, 1.165) is 0 Å². The zero-order chi connectivity index (χ0) is 20.4. The lowest BCUT2D eigenvalue weighted by Crippen LogP contribution is -2.27. The Balaban J connectivity index is 1.60. The van der Waals surface area contributed by atoms with Gasteiger partial charge in [-0.1, -0.05) is 17.3 Å². The van der Waals surface area contributed by atoms with E-state index in [1.54, 1.807) is 49.5 Å². The monoisotopic (exact) mass is 397 g/mol. The van der Waals surface area contributed by atoms with E-state index >= 15 is 0 Å². The second kappa shape index (κ2) is 7.90. The smallest absolute Gasteiger partial charge is 0.249 e. The summed E-state index contributed by atoms with van der Waals surface area (Å²) in [6.45, 7) is 0.284. The van der Waals surface area contributed by atoms with Crippen molar-refractivity contribution in [1.82, 2.24) is 15.0 Å². The van der Waals surface area contributed by atoms with Crippen LogP contribution in [0.2, 0.25) is 0 Å². The van der Waals surface area contributed by atoms with Crippen LogP contribution in [0, 0.1) is 5.82 Å². The van der Waals surface area contributed by atoms with Crippen molar-refractivity contribution < 1.29 is 23.2 Å². The number of hydrogen-bond acceptors (Lipinski definition) is 6. The predicted molar refractivity (Wildman–Crippen MR) is 102 cm³/mol. The van der Waals surface area contributed by atoms with E-state index < -0.39 is 0 Å². The van der Waals surface area contributed by atoms with Crippen LogP contribution in [0.5, 0.6) is 11.5 Å². The van der Waals surface area contributed by atoms with Crippen molar-refractivity contribution in [3.8, 4) is 22.9 Å². The Morgan fingerprint density at radius 2 is 1.93 bits per heavy atom. The molecular weight excluding hydrogens is 377 g/mol. The number of methoxy groups -OCH3 is 2. The fourth-order valence-corrected chi connectivity index (χ4v) is 3.44. The number of amides is 1. The molecule has 29 heavy (non-hydrogen) atoms. The molecule has 0 bridgehead atoms. The maximum Gasteiger partial charge on any atom is 0.249 e. The minimum Gasteiger partial charge on any atom is -0.497 e. The molecule has 150 valence electrons. The van der Waals surface area contributed by atoms with Crippen molar-refractivity contribution in [2.45, 2.75) is 25.4 Å². The highest BCUT2D eigenvalue weighted by atomic mass is 19.1. The number of carbonyl (C=O) groups excluding carboxylic acids is 1. The second-order valence-corrected chi connectivity index (χ2v) is 6.76. The van der Waals surface area contributed by atoms with E-state index in [9.17, 15) is 9.18 Å². The number of carbonyl (C=O) groups is 1. The van der Waals surface area contributed by atoms with Gasteiger partial charge in [-0.25, -0.2) is 4.39 Å². The van der Waals surface area contributed by atoms with E-state index in [2.05, 4.69) is 10.1 Å². The summed E-state index contributed by atoms with van der Waals surface area (Å²) in [5.41, 5.74) is 1.39. The van der Waals surface area contributed by atoms with E-state index in [0.29, 0.717) is 47.2 Å². The maximum absolute atomic E-state index is 13.5. The molecule has 2 heterocycles. The van der Waals surface area contributed by atoms with Gasteiger partial charge in [-0.2, -0.15) is 4.98 Å². The molecule has 0 saturated carbocycles. The van der Waals surface area contributed by atoms with E-state index in [-0.39, 0.29) is 24.3 Å². The third-order valence-corrected chi connectivity index (χ3v) is 4.91. The van der Waals surface area contributed by atoms with Gasteiger partial charge in [-0.3, -0.25) is 4.79 Å². The van der Waals surface area contributed by atoms with Crippen molar-refractivity contribution in [3.05, 3.63) is 59.7 Å². The fraction of sp³-hybridized carbons (Fsp3) is 0.286. The lowest BCUT2D eigenvalue weighted by Gasteiger charge is -2.22. The molecule has 1 fully saturated rings. The Morgan fingerprint density at radius 3 is 2.62 bits per heavy atom. The van der Waals surface area contributed by atoms with Crippen molar-refractivity contribution in [2.24, 2.45) is 0 Å². The van der Waals surface area contributed by atoms with Crippen molar-refractivity contribution >= 4 is 5.91 Å². The number of aromatic nitrogens is 2. The van der Waals surface area contributed by atoms with Gasteiger partial charge < -0.3 is 18.9 Å². The molecule has 7 nitrogen and oxygen atoms in total. The van der Waals surface area contributed by atoms with Gasteiger partial charge in [0.05, 0.1) is 14.2 Å². The van der Waals surface area contributed by atoms with Crippen molar-refractivity contribution in [1.29, 1.82) is 0 Å². The number of ether oxygens (including phenoxy) is 2. The molecule has 1 unspecified atom stereocenters. The maximum atomic E-state index is 13.5. The van der Waals surface area contributed by atoms with Gasteiger partial charge in [0.2, 0.25) is 17.6 Å². The molecule has 1 atom stereocenters. The molecule has 3 aromatic rings. The Bertz CT molecular complexity index is 1010. The number of likely N-dealkylation sites (tertiary alicyclic amines) is 1. The summed E-state index contributed by atoms with van der Waals surface area (Å²) in [5.74, 6) is 1.58. The third-order valence-electron chi connectivity index (χ3n) is 4.91. The Labute approximate surface area is 167 Å². The van der Waals surface area contributed by atoms with Crippen LogP contribution in [-0.4, -0.2) is 35.2 Å². The largest absolute Gasteiger partial charge is 0.497 e. The molecule has 0 N–H and O–H groups in total. The van der Waals surface area contributed by atoms with Crippen LogP contribution in [0.4, 0.5) is 4.39 Å². The minimum atomic E-state index is -0.348. The molecule has 8 heteroatoms. The highest BCUT2D eigenvalue weighted by Crippen LogP contribution is 2.35. The summed E-state index contributed by atoms with van der Waals surface area (Å²) < 4.78 is 29.6. The molecule has 1 aliphatic rings. The first-order valence-corrected chi connectivity index (χ1v) is 9.18. The van der Waals surface area contributed by atoms with Gasteiger partial charge >= 0.3 is 0 Å². The summed E-state index contributed by atoms with van der Waals surface area (Å²) in [7, 11) is 3.13. The highest BCUT2D eigenvalue weighted by Gasteiger charge is 2.36. The third kappa shape index (κ3) is 3.91. The first-order chi connectivity index (χ1) is 14.1. The average molecular weight is 397 g/mol. The first kappa shape index (κ1) is 18.9. The van der Waals surface area contributed by atoms with Crippen LogP contribution in [0.1, 0.15) is 30.3 Å². The Hall–Kier alpha value is -3.42. The number of halogens is 1. The quantitative estimate of drug-likeness (QED) is 0.630. The van der Waals surface area contributed by atoms with Crippen LogP contribution in [0.25, 0.3) is 11.4 Å². The summed E-state index contributed by atoms with van der Waals surface area (Å²) in [6.07, 6.45) is 0.946. The van der Waals surface area contributed by atoms with Gasteiger partial charge in [0, 0.05) is 24.6 Å². The van der Waals surface area contributed by atoms with E-state index in [1.807, 2.05) is 0 Å². The molecule has 1 aliphatic heterocycles. The second-order valence-electron chi connectivity index (χ2n) is 6.76. The summed E-state index contributed by atoms with van der Waals surface area (Å²) in [5, 5.41) is 4.07. The van der Waals surface area contributed by atoms with Crippen LogP contribution < -0.4 is 9.47 Å². The topological polar surface area (TPSA) is 77.7 Å². The van der Waals surface area contributed by atoms with Crippen LogP contribution in [-0.2, 0) is 11.3 Å². The fourth-order valence-electron chi connectivity index (χ4n) is 3.44. The van der Waals surface area contributed by atoms with Gasteiger partial charge in [-0.15, -0.1) is 0 Å². The lowest BCUT2D eigenvalue weighted by molar-refractivity contribution is -0.130. The van der Waals surface area contributed by atoms with Gasteiger partial charge in [-0.05, 0) is 36.2 Å². The standard InChI is InChI=1S/C21H20FN3O4/c1-27-16-9-14(10-17(11-16)28-2)20-23-21(29-24-20)18-6-7-19(26)25(18)12-13-4-3-5-15(22)8-13/h3-5,8-11,18H,6-7,12H2,1-2H3. The summed E-state index contributed by atoms with van der Waals surface area (Å²) in [4.78, 5) is 18.6. The Kier molecular flexibility index (Phi) is 5.16. The molecular formula is C21H20FN3O4. The predicted octanol–water partition coefficient (Wildman–Crippen LogP) is 3.76. The van der Waals surface area contributed by atoms with E-state index in [1.165, 1.54) is 12.1 Å². The molecule has 2 aromatic carbocycles. The number of hydrogen-bond donors (Lipinski definition) is 0. The van der Waals surface area contributed by atoms with Gasteiger partial charge in [0.25, 0.3) is 0 Å². The summed E-state index contributed by atoms with van der Waals surface area (Å²) in [6, 6.07) is 11.2. The average Bonchev–Trinajstić information content (AvgIpc) is 3.35. The molecule has 4 rings (SSSR count). The van der Waals surface area contributed by atoms with E-state index in [4.69, 9.17) is 14.0 Å². The molecule has 1 amide bonds. The SMILES string of the molecule is COc1cc(OC)cc(-c2noc(C3CCC(=O)N3Cc3cccc(F)c3)n2)c1. The molecule has 0 aliphatic carbocycles. The zero-order valence-electron chi connectivity index (χ0n) is 16.1. The van der Waals surface area contributed by atoms with Gasteiger partial charge in [0.15, 0.2) is 0 Å². The van der Waals surface area contributed by atoms with Crippen LogP contribution in [0.15, 0.2) is 47.0 Å². The molecule has 1 saturated heterocycles. The number of nitrogens with zero attached hydrogens (tertiary/aromatic N) is 3. The normalized spacial score (nSPS) is 16.3. The molecule has 0 spiro atoms. The molecule has 0 radical (unpaired) electrons. The van der Waals surface area contributed by atoms with Crippen LogP contribution >= 0.6 is 0 Å². The van der Waals surface area contributed by atoms with Crippen molar-refractivity contribution in [2.75, 3.05) is 14.2 Å². The Morgan fingerprint density at radius 1 is 1.17 bits per heavy atom.